The van der Waals surface area contributed by atoms with Gasteiger partial charge in [0.05, 0.1) is 6.61 Å². The minimum Gasteiger partial charge on any atom is -0.462 e. The molecule has 0 saturated heterocycles. The quantitative estimate of drug-likeness (QED) is 0.597. The highest BCUT2D eigenvalue weighted by Crippen LogP contribution is 2.26. The van der Waals surface area contributed by atoms with E-state index in [0.29, 0.717) is 17.9 Å². The van der Waals surface area contributed by atoms with E-state index in [1.807, 2.05) is 0 Å². The highest BCUT2D eigenvalue weighted by molar-refractivity contribution is 6.44. The molecule has 0 bridgehead atoms. The summed E-state index contributed by atoms with van der Waals surface area (Å²) < 4.78 is 6.29. The molecule has 14 heavy (non-hydrogen) atoms. The van der Waals surface area contributed by atoms with Gasteiger partial charge < -0.3 is 4.74 Å². The van der Waals surface area contributed by atoms with Crippen LogP contribution in [0, 0.1) is 0 Å². The summed E-state index contributed by atoms with van der Waals surface area (Å²) in [4.78, 5) is 10.6. The maximum absolute atomic E-state index is 11.4. The third-order valence-electron chi connectivity index (χ3n) is 1.56. The third kappa shape index (κ3) is 2.39. The Hall–Kier alpha value is -0.740. The lowest BCUT2D eigenvalue weighted by atomic mass is 10.3. The van der Waals surface area contributed by atoms with Gasteiger partial charge >= 0.3 is 5.97 Å². The number of ether oxygens (including phenoxy) is 1. The first-order chi connectivity index (χ1) is 6.56. The van der Waals surface area contributed by atoms with Crippen LogP contribution in [0.3, 0.4) is 0 Å². The van der Waals surface area contributed by atoms with Crippen molar-refractivity contribution in [2.24, 2.45) is 7.05 Å². The van der Waals surface area contributed by atoms with E-state index in [4.69, 9.17) is 27.9 Å². The Morgan fingerprint density at radius 2 is 2.36 bits per heavy atom. The second-order valence-corrected chi connectivity index (χ2v) is 3.72. The molecule has 0 N–H and O–H groups in total. The second kappa shape index (κ2) is 4.66. The Bertz CT molecular complexity index is 336. The molecule has 0 aliphatic rings. The minimum atomic E-state index is -0.824. The number of carbonyl (C=O) groups is 1. The number of rotatable bonds is 3. The first kappa shape index (κ1) is 11.3. The Balaban J connectivity index is 3.00. The molecule has 0 amide bonds. The van der Waals surface area contributed by atoms with Gasteiger partial charge in [-0.05, 0) is 6.92 Å². The summed E-state index contributed by atoms with van der Waals surface area (Å²) in [5.41, 5.74) is 0.638. The Kier molecular flexibility index (Phi) is 3.77. The monoisotopic (exact) mass is 236 g/mol. The van der Waals surface area contributed by atoms with Crippen molar-refractivity contribution in [1.82, 2.24) is 9.78 Å². The summed E-state index contributed by atoms with van der Waals surface area (Å²) in [5.74, 6) is -0.457. The topological polar surface area (TPSA) is 44.1 Å². The van der Waals surface area contributed by atoms with Crippen LogP contribution < -0.4 is 0 Å². The summed E-state index contributed by atoms with van der Waals surface area (Å²) in [7, 11) is 1.68. The number of hydrogen-bond donors (Lipinski definition) is 0. The molecular weight excluding hydrogens is 227 g/mol. The zero-order valence-corrected chi connectivity index (χ0v) is 9.34. The van der Waals surface area contributed by atoms with Gasteiger partial charge in [0.15, 0.2) is 4.84 Å². The van der Waals surface area contributed by atoms with Crippen molar-refractivity contribution in [3.63, 3.8) is 0 Å². The summed E-state index contributed by atoms with van der Waals surface area (Å²) in [6.07, 6.45) is 1.53. The number of nitrogens with zero attached hydrogens (tertiary/aromatic N) is 2. The Labute approximate surface area is 91.7 Å². The van der Waals surface area contributed by atoms with Crippen LogP contribution in [0.5, 0.6) is 0 Å². The fourth-order valence-electron chi connectivity index (χ4n) is 1.03. The average molecular weight is 237 g/mol. The summed E-state index contributed by atoms with van der Waals surface area (Å²) in [6.45, 7) is 2.04. The summed E-state index contributed by atoms with van der Waals surface area (Å²) in [5, 5.41) is 3.97. The van der Waals surface area contributed by atoms with Gasteiger partial charge in [-0.2, -0.15) is 5.10 Å². The fourth-order valence-corrected chi connectivity index (χ4v) is 1.36. The molecule has 78 valence electrons. The number of aryl methyl sites for hydroxylation is 1. The van der Waals surface area contributed by atoms with Crippen molar-refractivity contribution in [2.45, 2.75) is 11.8 Å². The molecule has 0 radical (unpaired) electrons. The highest BCUT2D eigenvalue weighted by atomic mass is 35.5. The smallest absolute Gasteiger partial charge is 0.341 e. The van der Waals surface area contributed by atoms with Crippen LogP contribution in [-0.2, 0) is 11.8 Å². The summed E-state index contributed by atoms with van der Waals surface area (Å²) in [6, 6.07) is 0. The van der Waals surface area contributed by atoms with E-state index in [0.717, 1.165) is 0 Å². The molecule has 1 aromatic heterocycles. The van der Waals surface area contributed by atoms with Gasteiger partial charge in [-0.3, -0.25) is 4.68 Å². The molecule has 0 aliphatic heterocycles. The van der Waals surface area contributed by atoms with E-state index in [1.54, 1.807) is 14.0 Å². The van der Waals surface area contributed by atoms with Crippen molar-refractivity contribution in [1.29, 1.82) is 0 Å². The van der Waals surface area contributed by atoms with Gasteiger partial charge in [0, 0.05) is 13.2 Å². The fraction of sp³-hybridized carbons (Fsp3) is 0.500. The Morgan fingerprint density at radius 1 is 1.71 bits per heavy atom. The molecule has 0 saturated carbocycles. The first-order valence-corrected chi connectivity index (χ1v) is 4.92. The standard InChI is InChI=1S/C8H10Cl2N2O2/c1-3-14-8(13)5-4-12(2)11-6(5)7(9)10/h4,7H,3H2,1-2H3. The lowest BCUT2D eigenvalue weighted by Crippen LogP contribution is -2.06. The largest absolute Gasteiger partial charge is 0.462 e. The predicted octanol–water partition coefficient (Wildman–Crippen LogP) is 2.07. The zero-order valence-electron chi connectivity index (χ0n) is 7.83. The molecule has 0 fully saturated rings. The molecule has 0 aliphatic carbocycles. The van der Waals surface area contributed by atoms with E-state index in [1.165, 1.54) is 10.9 Å². The van der Waals surface area contributed by atoms with E-state index < -0.39 is 10.8 Å². The molecule has 6 heteroatoms. The van der Waals surface area contributed by atoms with Crippen LogP contribution in [-0.4, -0.2) is 22.4 Å². The Morgan fingerprint density at radius 3 is 2.86 bits per heavy atom. The van der Waals surface area contributed by atoms with E-state index in [-0.39, 0.29) is 0 Å². The van der Waals surface area contributed by atoms with Crippen LogP contribution in [0.1, 0.15) is 27.8 Å². The number of esters is 1. The number of hydrogen-bond acceptors (Lipinski definition) is 3. The maximum atomic E-state index is 11.4. The maximum Gasteiger partial charge on any atom is 0.341 e. The van der Waals surface area contributed by atoms with Crippen molar-refractivity contribution >= 4 is 29.2 Å². The van der Waals surface area contributed by atoms with Crippen molar-refractivity contribution in [3.05, 3.63) is 17.5 Å². The normalized spacial score (nSPS) is 10.6. The third-order valence-corrected chi connectivity index (χ3v) is 1.97. The van der Waals surface area contributed by atoms with Gasteiger partial charge in [-0.25, -0.2) is 4.79 Å². The van der Waals surface area contributed by atoms with Crippen molar-refractivity contribution in [3.8, 4) is 0 Å². The van der Waals surface area contributed by atoms with Crippen LogP contribution in [0.15, 0.2) is 6.20 Å². The van der Waals surface area contributed by atoms with Gasteiger partial charge in [0.1, 0.15) is 11.3 Å². The molecular formula is C8H10Cl2N2O2. The molecule has 0 atom stereocenters. The summed E-state index contributed by atoms with van der Waals surface area (Å²) >= 11 is 11.3. The predicted molar refractivity (Wildman–Crippen MR) is 53.6 cm³/mol. The minimum absolute atomic E-state index is 0.308. The van der Waals surface area contributed by atoms with Crippen LogP contribution in [0.25, 0.3) is 0 Å². The zero-order chi connectivity index (χ0) is 10.7. The van der Waals surface area contributed by atoms with Gasteiger partial charge in [-0.1, -0.05) is 23.2 Å². The number of alkyl halides is 2. The van der Waals surface area contributed by atoms with Gasteiger partial charge in [0.2, 0.25) is 0 Å². The molecule has 4 nitrogen and oxygen atoms in total. The molecule has 1 heterocycles. The molecule has 0 unspecified atom stereocenters. The van der Waals surface area contributed by atoms with Gasteiger partial charge in [0.25, 0.3) is 0 Å². The molecule has 0 aromatic carbocycles. The van der Waals surface area contributed by atoms with Crippen molar-refractivity contribution < 1.29 is 9.53 Å². The molecule has 0 spiro atoms. The second-order valence-electron chi connectivity index (χ2n) is 2.62. The number of halogens is 2. The average Bonchev–Trinajstić information content (AvgIpc) is 2.48. The SMILES string of the molecule is CCOC(=O)c1cn(C)nc1C(Cl)Cl. The lowest BCUT2D eigenvalue weighted by Gasteiger charge is -2.01. The molecule has 1 aromatic rings. The lowest BCUT2D eigenvalue weighted by molar-refractivity contribution is 0.0525. The van der Waals surface area contributed by atoms with E-state index in [2.05, 4.69) is 5.10 Å². The van der Waals surface area contributed by atoms with E-state index in [9.17, 15) is 4.79 Å². The highest BCUT2D eigenvalue weighted by Gasteiger charge is 2.20. The first-order valence-electron chi connectivity index (χ1n) is 4.05. The van der Waals surface area contributed by atoms with E-state index >= 15 is 0 Å². The van der Waals surface area contributed by atoms with Crippen LogP contribution in [0.2, 0.25) is 0 Å². The van der Waals surface area contributed by atoms with Crippen LogP contribution >= 0.6 is 23.2 Å². The van der Waals surface area contributed by atoms with Gasteiger partial charge in [-0.15, -0.1) is 0 Å². The van der Waals surface area contributed by atoms with Crippen molar-refractivity contribution in [2.75, 3.05) is 6.61 Å². The van der Waals surface area contributed by atoms with Crippen LogP contribution in [0.4, 0.5) is 0 Å². The molecule has 1 rings (SSSR count). The number of carbonyl (C=O) groups excluding carboxylic acids is 1. The number of aromatic nitrogens is 2.